The van der Waals surface area contributed by atoms with E-state index in [1.165, 1.54) is 6.07 Å². The van der Waals surface area contributed by atoms with E-state index in [0.29, 0.717) is 11.1 Å². The van der Waals surface area contributed by atoms with Crippen molar-refractivity contribution in [1.29, 1.82) is 0 Å². The molecule has 0 radical (unpaired) electrons. The third kappa shape index (κ3) is 6.84. The zero-order valence-electron chi connectivity index (χ0n) is 26.2. The van der Waals surface area contributed by atoms with Gasteiger partial charge in [0.15, 0.2) is 0 Å². The van der Waals surface area contributed by atoms with E-state index in [9.17, 15) is 0 Å². The molecule has 4 aromatic carbocycles. The molecule has 0 saturated heterocycles. The molecule has 5 rings (SSSR count). The molecule has 0 bridgehead atoms. The normalized spacial score (nSPS) is 14.3. The minimum Gasteiger partial charge on any atom is -0.305 e. The first kappa shape index (κ1) is 16.3. The molecule has 0 atom stereocenters. The van der Waals surface area contributed by atoms with Crippen LogP contribution in [-0.4, -0.2) is 4.98 Å². The van der Waals surface area contributed by atoms with E-state index >= 15 is 0 Å². The van der Waals surface area contributed by atoms with Crippen LogP contribution >= 0.6 is 0 Å². The van der Waals surface area contributed by atoms with Crippen molar-refractivity contribution in [1.82, 2.24) is 4.98 Å². The van der Waals surface area contributed by atoms with Crippen LogP contribution in [0.3, 0.4) is 0 Å². The van der Waals surface area contributed by atoms with Gasteiger partial charge in [0.25, 0.3) is 0 Å². The monoisotopic (exact) mass is 625 g/mol. The van der Waals surface area contributed by atoms with Crippen molar-refractivity contribution < 1.29 is 31.1 Å². The van der Waals surface area contributed by atoms with Gasteiger partial charge in [0.05, 0.1) is 0 Å². The van der Waals surface area contributed by atoms with Gasteiger partial charge in [-0.15, -0.1) is 47.0 Å². The topological polar surface area (TPSA) is 12.9 Å². The summed E-state index contributed by atoms with van der Waals surface area (Å²) >= 11 is 0. The average Bonchev–Trinajstić information content (AvgIpc) is 2.97. The molecule has 0 saturated carbocycles. The minimum atomic E-state index is -2.12. The van der Waals surface area contributed by atoms with E-state index in [2.05, 4.69) is 23.2 Å². The first-order valence-corrected chi connectivity index (χ1v) is 10.3. The predicted octanol–water partition coefficient (Wildman–Crippen LogP) is 8.09. The number of benzene rings is 4. The fraction of sp³-hybridized carbons (Fsp3) is 0.0938. The Morgan fingerprint density at radius 2 is 1.35 bits per heavy atom. The van der Waals surface area contributed by atoms with E-state index < -0.39 is 20.6 Å². The van der Waals surface area contributed by atoms with Crippen molar-refractivity contribution in [2.75, 3.05) is 0 Å². The Bertz CT molecular complexity index is 1550. The number of hydrogen-bond donors (Lipinski definition) is 0. The van der Waals surface area contributed by atoms with Gasteiger partial charge in [-0.25, -0.2) is 11.1 Å². The molecular formula is C32H26IrN. The maximum atomic E-state index is 7.41. The Morgan fingerprint density at radius 3 is 1.94 bits per heavy atom. The maximum Gasteiger partial charge on any atom is 3.00 e. The van der Waals surface area contributed by atoms with Crippen LogP contribution in [-0.2, 0) is 20.1 Å². The molecular weight excluding hydrogens is 591 g/mol. The molecule has 0 aliphatic carbocycles. The number of pyridine rings is 1. The van der Waals surface area contributed by atoms with E-state index in [0.717, 1.165) is 33.5 Å². The molecule has 5 aromatic rings. The molecule has 0 unspecified atom stereocenters. The molecule has 0 amide bonds. The van der Waals surface area contributed by atoms with E-state index in [-0.39, 0.29) is 25.7 Å². The molecule has 1 heterocycles. The van der Waals surface area contributed by atoms with Crippen LogP contribution in [0.4, 0.5) is 0 Å². The van der Waals surface area contributed by atoms with Crippen LogP contribution in [0.5, 0.6) is 0 Å². The van der Waals surface area contributed by atoms with Crippen molar-refractivity contribution in [3.63, 3.8) is 0 Å². The van der Waals surface area contributed by atoms with Gasteiger partial charge in [-0.05, 0) is 29.7 Å². The van der Waals surface area contributed by atoms with Crippen molar-refractivity contribution >= 4 is 0 Å². The van der Waals surface area contributed by atoms with Gasteiger partial charge in [0.2, 0.25) is 0 Å². The molecule has 0 aliphatic rings. The van der Waals surface area contributed by atoms with Gasteiger partial charge in [0.1, 0.15) is 0 Å². The smallest absolute Gasteiger partial charge is 0.305 e. The standard InChI is InChI=1S/C18H14N.C14H12.Ir/c1-14-7-9-15(10-8-14)17-11-12-19-18(13-17)16-5-3-2-4-6-16;1-11-3-7-13(8-4-11)14-9-5-12(2)6-10-14;/h2-5,7-13H,1H3;3-7,9H,1-2H3;/q-1;-2;+3/i1D3;1D2,2D3;. The van der Waals surface area contributed by atoms with Crippen molar-refractivity contribution in [2.45, 2.75) is 20.6 Å². The molecule has 0 N–H and O–H groups in total. The number of rotatable bonds is 3. The zero-order chi connectivity index (χ0) is 29.6. The van der Waals surface area contributed by atoms with Crippen LogP contribution < -0.4 is 0 Å². The summed E-state index contributed by atoms with van der Waals surface area (Å²) in [6.45, 7) is -5.21. The van der Waals surface area contributed by atoms with Crippen LogP contribution in [0.2, 0.25) is 0 Å². The SMILES string of the molecule is [2H]C([2H])([2H])c1ccc(-c2ccnc(-c3[c-]cccc3)c2)cc1.[2H]C([2H])c1c[c-]c(-c2[c-]cc(C([2H])([2H])[2H])cc2)cc1.[Ir+3]. The average molecular weight is 625 g/mol. The van der Waals surface area contributed by atoms with Crippen LogP contribution in [0.1, 0.15) is 27.7 Å². The van der Waals surface area contributed by atoms with E-state index in [1.54, 1.807) is 48.7 Å². The van der Waals surface area contributed by atoms with Crippen molar-refractivity contribution in [3.05, 3.63) is 138 Å². The summed E-state index contributed by atoms with van der Waals surface area (Å²) in [6, 6.07) is 37.4. The van der Waals surface area contributed by atoms with Crippen LogP contribution in [0.25, 0.3) is 33.5 Å². The van der Waals surface area contributed by atoms with E-state index in [4.69, 9.17) is 11.0 Å². The molecule has 2 heteroatoms. The molecule has 0 spiro atoms. The fourth-order valence-electron chi connectivity index (χ4n) is 3.17. The predicted molar refractivity (Wildman–Crippen MR) is 138 cm³/mol. The van der Waals surface area contributed by atoms with Gasteiger partial charge in [-0.1, -0.05) is 49.6 Å². The van der Waals surface area contributed by atoms with Gasteiger partial charge < -0.3 is 4.98 Å². The minimum absolute atomic E-state index is 0. The number of hydrogen-bond acceptors (Lipinski definition) is 1. The third-order valence-corrected chi connectivity index (χ3v) is 4.90. The first-order valence-electron chi connectivity index (χ1n) is 14.5. The van der Waals surface area contributed by atoms with Crippen molar-refractivity contribution in [3.8, 4) is 33.5 Å². The maximum absolute atomic E-state index is 7.41. The largest absolute Gasteiger partial charge is 3.00 e. The second-order valence-corrected chi connectivity index (χ2v) is 7.31. The Hall–Kier alpha value is -3.32. The Labute approximate surface area is 228 Å². The first-order chi connectivity index (χ1) is 19.4. The van der Waals surface area contributed by atoms with Gasteiger partial charge in [0, 0.05) is 17.2 Å². The van der Waals surface area contributed by atoms with Crippen LogP contribution in [0.15, 0.2) is 103 Å². The number of aryl methyl sites for hydroxylation is 3. The number of nitrogens with zero attached hydrogens (tertiary/aromatic N) is 1. The summed E-state index contributed by atoms with van der Waals surface area (Å²) in [5.41, 5.74) is 6.43. The Kier molecular flexibility index (Phi) is 5.87. The third-order valence-electron chi connectivity index (χ3n) is 4.90. The van der Waals surface area contributed by atoms with E-state index in [1.807, 2.05) is 48.5 Å². The zero-order valence-corrected chi connectivity index (χ0v) is 20.6. The summed E-state index contributed by atoms with van der Waals surface area (Å²) in [6.07, 6.45) is 1.75. The summed E-state index contributed by atoms with van der Waals surface area (Å²) < 4.78 is 58.6. The van der Waals surface area contributed by atoms with Crippen molar-refractivity contribution in [2.24, 2.45) is 0 Å². The molecule has 0 fully saturated rings. The second kappa shape index (κ2) is 12.2. The fourth-order valence-corrected chi connectivity index (χ4v) is 3.17. The van der Waals surface area contributed by atoms with Gasteiger partial charge >= 0.3 is 20.1 Å². The molecule has 1 aromatic heterocycles. The molecule has 34 heavy (non-hydrogen) atoms. The quantitative estimate of drug-likeness (QED) is 0.185. The summed E-state index contributed by atoms with van der Waals surface area (Å²) in [7, 11) is 0. The van der Waals surface area contributed by atoms with Crippen LogP contribution in [0, 0.1) is 38.8 Å². The Balaban J connectivity index is 0.000000228. The molecule has 168 valence electrons. The summed E-state index contributed by atoms with van der Waals surface area (Å²) in [5.74, 6) is 0. The van der Waals surface area contributed by atoms with Gasteiger partial charge in [-0.3, -0.25) is 0 Å². The Morgan fingerprint density at radius 1 is 0.647 bits per heavy atom. The second-order valence-electron chi connectivity index (χ2n) is 7.31. The number of aromatic nitrogens is 1. The molecule has 1 nitrogen and oxygen atoms in total. The molecule has 0 aliphatic heterocycles. The van der Waals surface area contributed by atoms with Gasteiger partial charge in [-0.2, -0.15) is 48.5 Å². The summed E-state index contributed by atoms with van der Waals surface area (Å²) in [4.78, 5) is 4.37. The summed E-state index contributed by atoms with van der Waals surface area (Å²) in [5, 5.41) is 0.